The molecule has 2 aliphatic heterocycles. The minimum atomic E-state index is -1.10. The molecule has 4 aromatic rings. The van der Waals surface area contributed by atoms with Crippen molar-refractivity contribution in [1.82, 2.24) is 30.8 Å². The monoisotopic (exact) mass is 832 g/mol. The number of carbonyl (C=O) groups excluding carboxylic acids is 7. The maximum Gasteiger partial charge on any atom is 0.323 e. The van der Waals surface area contributed by atoms with Crippen molar-refractivity contribution in [3.63, 3.8) is 0 Å². The second-order valence-corrected chi connectivity index (χ2v) is 14.2. The minimum Gasteiger partial charge on any atom is -0.483 e. The maximum absolute atomic E-state index is 13.2. The maximum atomic E-state index is 13.2. The summed E-state index contributed by atoms with van der Waals surface area (Å²) in [6.45, 7) is 0.603. The molecule has 60 heavy (non-hydrogen) atoms. The first-order valence-corrected chi connectivity index (χ1v) is 19.7. The summed E-state index contributed by atoms with van der Waals surface area (Å²) < 4.78 is 5.63. The largest absolute Gasteiger partial charge is 0.483 e. The number of hydrogen-bond donors (Lipinski definition) is 5. The van der Waals surface area contributed by atoms with Crippen LogP contribution in [0.3, 0.4) is 0 Å². The van der Waals surface area contributed by atoms with Crippen LogP contribution < -0.4 is 31.3 Å². The van der Waals surface area contributed by atoms with E-state index in [1.165, 1.54) is 36.7 Å². The fraction of sp³-hybridized carbons (Fsp3) is 0.279. The summed E-state index contributed by atoms with van der Waals surface area (Å²) in [5.41, 5.74) is 2.59. The molecule has 2 aromatic carbocycles. The van der Waals surface area contributed by atoms with Crippen LogP contribution in [0.2, 0.25) is 5.15 Å². The van der Waals surface area contributed by atoms with Crippen LogP contribution in [0.1, 0.15) is 93.7 Å². The summed E-state index contributed by atoms with van der Waals surface area (Å²) >= 11 is 5.87. The number of piperidine rings is 1. The number of urea groups is 1. The van der Waals surface area contributed by atoms with Gasteiger partial charge in [-0.1, -0.05) is 55.3 Å². The lowest BCUT2D eigenvalue weighted by Gasteiger charge is -2.27. The van der Waals surface area contributed by atoms with Gasteiger partial charge in [-0.15, -0.1) is 0 Å². The van der Waals surface area contributed by atoms with Crippen molar-refractivity contribution in [1.29, 1.82) is 0 Å². The zero-order valence-electron chi connectivity index (χ0n) is 32.3. The fourth-order valence-electron chi connectivity index (χ4n) is 6.51. The molecule has 0 radical (unpaired) electrons. The lowest BCUT2D eigenvalue weighted by molar-refractivity contribution is -0.136. The van der Waals surface area contributed by atoms with E-state index in [0.717, 1.165) is 43.4 Å². The van der Waals surface area contributed by atoms with Crippen LogP contribution >= 0.6 is 11.6 Å². The Kier molecular flexibility index (Phi) is 14.5. The van der Waals surface area contributed by atoms with E-state index >= 15 is 0 Å². The number of aromatic nitrogens is 2. The zero-order valence-corrected chi connectivity index (χ0v) is 33.1. The average Bonchev–Trinajstić information content (AvgIpc) is 3.48. The Morgan fingerprint density at radius 3 is 2.25 bits per heavy atom. The van der Waals surface area contributed by atoms with Crippen molar-refractivity contribution >= 4 is 64.4 Å². The van der Waals surface area contributed by atoms with E-state index in [9.17, 15) is 33.6 Å². The van der Waals surface area contributed by atoms with Crippen LogP contribution in [-0.2, 0) is 14.4 Å². The number of amides is 8. The molecule has 2 aromatic heterocycles. The number of nitrogens with zero attached hydrogens (tertiary/aromatic N) is 3. The van der Waals surface area contributed by atoms with E-state index in [2.05, 4.69) is 48.4 Å². The van der Waals surface area contributed by atoms with E-state index in [4.69, 9.17) is 16.3 Å². The Bertz CT molecular complexity index is 2380. The van der Waals surface area contributed by atoms with Gasteiger partial charge in [0.05, 0.1) is 11.1 Å². The van der Waals surface area contributed by atoms with Crippen LogP contribution in [0.15, 0.2) is 79.1 Å². The molecule has 1 fully saturated rings. The van der Waals surface area contributed by atoms with Crippen molar-refractivity contribution in [3.8, 4) is 17.6 Å². The first-order valence-electron chi connectivity index (χ1n) is 19.4. The van der Waals surface area contributed by atoms with Crippen LogP contribution in [0.4, 0.5) is 16.2 Å². The van der Waals surface area contributed by atoms with Crippen molar-refractivity contribution in [2.24, 2.45) is 0 Å². The molecule has 0 saturated carbocycles. The van der Waals surface area contributed by atoms with Gasteiger partial charge in [-0.05, 0) is 79.8 Å². The topological polar surface area (TPSA) is 218 Å². The molecule has 8 amide bonds. The highest BCUT2D eigenvalue weighted by molar-refractivity contribution is 6.29. The number of ether oxygens (including phenoxy) is 1. The molecule has 4 heterocycles. The molecular weight excluding hydrogens is 792 g/mol. The molecule has 308 valence electrons. The summed E-state index contributed by atoms with van der Waals surface area (Å²) in [7, 11) is 0. The number of anilines is 2. The third-order valence-electron chi connectivity index (χ3n) is 9.46. The number of fused-ring (bicyclic) bond motifs is 1. The zero-order chi connectivity index (χ0) is 42.4. The molecule has 17 heteroatoms. The number of rotatable bonds is 16. The van der Waals surface area contributed by atoms with E-state index in [0.29, 0.717) is 41.3 Å². The molecule has 2 aliphatic rings. The summed E-state index contributed by atoms with van der Waals surface area (Å²) in [5, 5.41) is 13.6. The third-order valence-corrected chi connectivity index (χ3v) is 9.67. The van der Waals surface area contributed by atoms with Gasteiger partial charge in [-0.3, -0.25) is 39.0 Å². The quantitative estimate of drug-likeness (QED) is 0.0448. The second kappa shape index (κ2) is 20.5. The summed E-state index contributed by atoms with van der Waals surface area (Å²) in [6.07, 6.45) is 8.38. The number of hydrogen-bond acceptors (Lipinski definition) is 10. The number of unbranched alkanes of at least 4 members (excludes halogenated alkanes) is 5. The van der Waals surface area contributed by atoms with Gasteiger partial charge < -0.3 is 26.0 Å². The highest BCUT2D eigenvalue weighted by Crippen LogP contribution is 2.33. The van der Waals surface area contributed by atoms with E-state index < -0.39 is 35.7 Å². The summed E-state index contributed by atoms with van der Waals surface area (Å²) in [5.74, 6) is 2.94. The smallest absolute Gasteiger partial charge is 0.323 e. The SMILES string of the molecule is O=C(COc1cccc2c1C(=O)N(C1CCC(=O)NC1=O)C2=O)NCCCCCCCCNC(=O)c1cccc(C#Cc2cc(NC(=O)Nc3ccnc(Cl)c3)ccn2)c1. The summed E-state index contributed by atoms with van der Waals surface area (Å²) in [4.78, 5) is 96.7. The van der Waals surface area contributed by atoms with Crippen molar-refractivity contribution in [2.75, 3.05) is 30.3 Å². The lowest BCUT2D eigenvalue weighted by Crippen LogP contribution is -2.54. The normalized spacial score (nSPS) is 14.3. The number of halogens is 1. The number of benzene rings is 2. The van der Waals surface area contributed by atoms with Crippen LogP contribution in [0, 0.1) is 11.8 Å². The number of imide groups is 2. The molecule has 5 N–H and O–H groups in total. The molecule has 16 nitrogen and oxygen atoms in total. The van der Waals surface area contributed by atoms with Gasteiger partial charge in [0.1, 0.15) is 22.6 Å². The van der Waals surface area contributed by atoms with Gasteiger partial charge in [0.15, 0.2) is 6.61 Å². The Morgan fingerprint density at radius 2 is 1.50 bits per heavy atom. The molecule has 1 atom stereocenters. The Morgan fingerprint density at radius 1 is 0.800 bits per heavy atom. The highest BCUT2D eigenvalue weighted by Gasteiger charge is 2.46. The minimum absolute atomic E-state index is 0.0109. The Hall–Kier alpha value is -7.12. The fourth-order valence-corrected chi connectivity index (χ4v) is 6.69. The van der Waals surface area contributed by atoms with Gasteiger partial charge in [-0.2, -0.15) is 0 Å². The molecule has 6 rings (SSSR count). The highest BCUT2D eigenvalue weighted by atomic mass is 35.5. The van der Waals surface area contributed by atoms with E-state index in [1.54, 1.807) is 42.5 Å². The average molecular weight is 833 g/mol. The van der Waals surface area contributed by atoms with Crippen LogP contribution in [0.25, 0.3) is 0 Å². The predicted octanol–water partition coefficient (Wildman–Crippen LogP) is 4.84. The Balaban J connectivity index is 0.833. The molecule has 0 bridgehead atoms. The summed E-state index contributed by atoms with van der Waals surface area (Å²) in [6, 6.07) is 16.3. The van der Waals surface area contributed by atoms with Gasteiger partial charge in [0.25, 0.3) is 23.6 Å². The molecular formula is C43H41ClN8O8. The molecule has 1 saturated heterocycles. The van der Waals surface area contributed by atoms with Gasteiger partial charge in [0.2, 0.25) is 11.8 Å². The molecule has 0 spiro atoms. The standard InChI is InChI=1S/C43H41ClN8O8/c44-35-25-31(18-22-46-35)50-43(59)49-30-17-21-45-29(24-30)14-13-27-9-7-10-28(23-27)39(55)48-20-6-4-2-1-3-5-19-47-37(54)26-60-34-12-8-11-32-38(34)42(58)52(41(32)57)33-15-16-36(53)51-40(33)56/h7-12,17-18,21-25,33H,1-6,15-16,19-20,26H2,(H,47,54)(H,48,55)(H,51,53,56)(H2,45,46,49,50,59). The van der Waals surface area contributed by atoms with E-state index in [1.807, 2.05) is 0 Å². The second-order valence-electron chi connectivity index (χ2n) is 13.8. The van der Waals surface area contributed by atoms with Crippen LogP contribution in [-0.4, -0.2) is 82.1 Å². The molecule has 1 unspecified atom stereocenters. The lowest BCUT2D eigenvalue weighted by atomic mass is 10.0. The Labute approximate surface area is 350 Å². The number of pyridine rings is 2. The number of carbonyl (C=O) groups is 7. The van der Waals surface area contributed by atoms with Crippen molar-refractivity contribution < 1.29 is 38.3 Å². The number of nitrogens with one attached hydrogen (secondary N) is 5. The van der Waals surface area contributed by atoms with Crippen LogP contribution in [0.5, 0.6) is 5.75 Å². The predicted molar refractivity (Wildman–Crippen MR) is 220 cm³/mol. The van der Waals surface area contributed by atoms with Crippen molar-refractivity contribution in [2.45, 2.75) is 57.4 Å². The molecule has 0 aliphatic carbocycles. The first kappa shape index (κ1) is 42.5. The van der Waals surface area contributed by atoms with E-state index in [-0.39, 0.29) is 53.3 Å². The third kappa shape index (κ3) is 11.5. The first-order chi connectivity index (χ1) is 29.0. The van der Waals surface area contributed by atoms with Gasteiger partial charge >= 0.3 is 6.03 Å². The van der Waals surface area contributed by atoms with Gasteiger partial charge in [0, 0.05) is 54.4 Å². The van der Waals surface area contributed by atoms with Crippen molar-refractivity contribution in [3.05, 3.63) is 112 Å². The van der Waals surface area contributed by atoms with Gasteiger partial charge in [-0.25, -0.2) is 14.8 Å².